The Kier molecular flexibility index (Phi) is 4.70. The third-order valence-electron chi connectivity index (χ3n) is 3.28. The van der Waals surface area contributed by atoms with Crippen LogP contribution in [0.15, 0.2) is 17.5 Å². The fraction of sp³-hybridized carbons (Fsp3) is 0.667. The molecule has 4 heteroatoms. The highest BCUT2D eigenvalue weighted by Gasteiger charge is 2.27. The van der Waals surface area contributed by atoms with Gasteiger partial charge in [0.2, 0.25) is 0 Å². The predicted molar refractivity (Wildman–Crippen MR) is 74.6 cm³/mol. The minimum absolute atomic E-state index is 0.580. The topological polar surface area (TPSA) is 15.3 Å². The zero-order valence-corrected chi connectivity index (χ0v) is 11.6. The first kappa shape index (κ1) is 12.4. The molecule has 0 spiro atoms. The Bertz CT molecular complexity index is 300. The number of rotatable bonds is 4. The van der Waals surface area contributed by atoms with Crippen LogP contribution in [-0.2, 0) is 6.42 Å². The summed E-state index contributed by atoms with van der Waals surface area (Å²) < 4.78 is 0. The smallest absolute Gasteiger partial charge is 0.0340 e. The van der Waals surface area contributed by atoms with E-state index in [9.17, 15) is 0 Å². The molecule has 0 aliphatic carbocycles. The summed E-state index contributed by atoms with van der Waals surface area (Å²) in [6.45, 7) is 1.22. The SMILES string of the molecule is CNC(Cc1cccs1)C1CSCCN1C. The molecule has 2 heterocycles. The van der Waals surface area contributed by atoms with E-state index in [0.717, 1.165) is 6.42 Å². The number of hydrogen-bond acceptors (Lipinski definition) is 4. The van der Waals surface area contributed by atoms with Gasteiger partial charge in [-0.25, -0.2) is 0 Å². The van der Waals surface area contributed by atoms with Crippen LogP contribution < -0.4 is 5.32 Å². The van der Waals surface area contributed by atoms with Gasteiger partial charge < -0.3 is 10.2 Å². The summed E-state index contributed by atoms with van der Waals surface area (Å²) >= 11 is 3.95. The third kappa shape index (κ3) is 3.00. The second-order valence-corrected chi connectivity index (χ2v) is 6.48. The molecule has 1 aromatic heterocycles. The van der Waals surface area contributed by atoms with Gasteiger partial charge in [-0.3, -0.25) is 0 Å². The molecule has 1 aliphatic heterocycles. The van der Waals surface area contributed by atoms with Gasteiger partial charge in [0.05, 0.1) is 0 Å². The van der Waals surface area contributed by atoms with Crippen molar-refractivity contribution in [1.82, 2.24) is 10.2 Å². The first-order chi connectivity index (χ1) is 7.81. The fourth-order valence-corrected chi connectivity index (χ4v) is 4.28. The number of thiophene rings is 1. The van der Waals surface area contributed by atoms with Gasteiger partial charge in [0.1, 0.15) is 0 Å². The van der Waals surface area contributed by atoms with Gasteiger partial charge in [-0.2, -0.15) is 11.8 Å². The van der Waals surface area contributed by atoms with Crippen LogP contribution in [0.3, 0.4) is 0 Å². The van der Waals surface area contributed by atoms with Crippen LogP contribution in [0.1, 0.15) is 4.88 Å². The molecule has 1 aliphatic rings. The predicted octanol–water partition coefficient (Wildman–Crippen LogP) is 1.93. The zero-order valence-electron chi connectivity index (χ0n) is 9.98. The molecule has 1 N–H and O–H groups in total. The maximum absolute atomic E-state index is 3.49. The summed E-state index contributed by atoms with van der Waals surface area (Å²) in [5.74, 6) is 2.54. The van der Waals surface area contributed by atoms with E-state index >= 15 is 0 Å². The maximum atomic E-state index is 3.49. The summed E-state index contributed by atoms with van der Waals surface area (Å²) in [5.41, 5.74) is 0. The van der Waals surface area contributed by atoms with Crippen LogP contribution in [0.25, 0.3) is 0 Å². The standard InChI is InChI=1S/C12H20N2S2/c1-13-11(8-10-4-3-6-16-10)12-9-15-7-5-14(12)2/h3-4,6,11-13H,5,7-9H2,1-2H3. The molecule has 2 unspecified atom stereocenters. The molecule has 2 nitrogen and oxygen atoms in total. The Morgan fingerprint density at radius 1 is 1.62 bits per heavy atom. The normalized spacial score (nSPS) is 24.5. The van der Waals surface area contributed by atoms with Crippen molar-refractivity contribution in [2.75, 3.05) is 32.1 Å². The van der Waals surface area contributed by atoms with Crippen molar-refractivity contribution in [2.24, 2.45) is 0 Å². The minimum atomic E-state index is 0.580. The summed E-state index contributed by atoms with van der Waals surface area (Å²) in [5, 5.41) is 5.66. The number of hydrogen-bond donors (Lipinski definition) is 1. The maximum Gasteiger partial charge on any atom is 0.0340 e. The van der Waals surface area contributed by atoms with E-state index in [0.29, 0.717) is 12.1 Å². The fourth-order valence-electron chi connectivity index (χ4n) is 2.20. The molecule has 0 aromatic carbocycles. The highest BCUT2D eigenvalue weighted by Crippen LogP contribution is 2.21. The van der Waals surface area contributed by atoms with Gasteiger partial charge in [0.15, 0.2) is 0 Å². The Balaban J connectivity index is 1.98. The largest absolute Gasteiger partial charge is 0.315 e. The highest BCUT2D eigenvalue weighted by molar-refractivity contribution is 7.99. The lowest BCUT2D eigenvalue weighted by molar-refractivity contribution is 0.219. The average Bonchev–Trinajstić information content (AvgIpc) is 2.80. The van der Waals surface area contributed by atoms with Crippen molar-refractivity contribution in [3.63, 3.8) is 0 Å². The number of nitrogens with zero attached hydrogens (tertiary/aromatic N) is 1. The van der Waals surface area contributed by atoms with Crippen LogP contribution in [0.5, 0.6) is 0 Å². The Morgan fingerprint density at radius 3 is 3.12 bits per heavy atom. The van der Waals surface area contributed by atoms with Gasteiger partial charge >= 0.3 is 0 Å². The van der Waals surface area contributed by atoms with E-state index in [1.807, 2.05) is 11.3 Å². The van der Waals surface area contributed by atoms with E-state index < -0.39 is 0 Å². The monoisotopic (exact) mass is 256 g/mol. The van der Waals surface area contributed by atoms with E-state index in [1.54, 1.807) is 0 Å². The Labute approximate surface area is 106 Å². The van der Waals surface area contributed by atoms with Crippen LogP contribution >= 0.6 is 23.1 Å². The molecule has 1 saturated heterocycles. The lowest BCUT2D eigenvalue weighted by atomic mass is 10.0. The van der Waals surface area contributed by atoms with Crippen LogP contribution in [0.2, 0.25) is 0 Å². The molecular formula is C12H20N2S2. The van der Waals surface area contributed by atoms with Crippen molar-refractivity contribution in [2.45, 2.75) is 18.5 Å². The van der Waals surface area contributed by atoms with Crippen molar-refractivity contribution in [3.05, 3.63) is 22.4 Å². The molecule has 0 saturated carbocycles. The lowest BCUT2D eigenvalue weighted by Crippen LogP contribution is -2.52. The number of likely N-dealkylation sites (N-methyl/N-ethyl adjacent to an activating group) is 2. The Hall–Kier alpha value is -0.0300. The highest BCUT2D eigenvalue weighted by atomic mass is 32.2. The van der Waals surface area contributed by atoms with Crippen molar-refractivity contribution in [1.29, 1.82) is 0 Å². The number of thioether (sulfide) groups is 1. The van der Waals surface area contributed by atoms with Crippen molar-refractivity contribution >= 4 is 23.1 Å². The van der Waals surface area contributed by atoms with Gasteiger partial charge in [0, 0.05) is 35.0 Å². The molecule has 16 heavy (non-hydrogen) atoms. The van der Waals surface area contributed by atoms with Gasteiger partial charge in [-0.05, 0) is 32.0 Å². The first-order valence-electron chi connectivity index (χ1n) is 5.79. The molecule has 2 rings (SSSR count). The molecule has 0 radical (unpaired) electrons. The van der Waals surface area contributed by atoms with Gasteiger partial charge in [-0.15, -0.1) is 11.3 Å². The molecule has 1 fully saturated rings. The van der Waals surface area contributed by atoms with E-state index in [-0.39, 0.29) is 0 Å². The van der Waals surface area contributed by atoms with E-state index in [4.69, 9.17) is 0 Å². The van der Waals surface area contributed by atoms with Gasteiger partial charge in [-0.1, -0.05) is 6.07 Å². The molecule has 1 aromatic rings. The minimum Gasteiger partial charge on any atom is -0.315 e. The van der Waals surface area contributed by atoms with Crippen molar-refractivity contribution < 1.29 is 0 Å². The summed E-state index contributed by atoms with van der Waals surface area (Å²) in [6.07, 6.45) is 1.16. The molecule has 90 valence electrons. The number of nitrogens with one attached hydrogen (secondary N) is 1. The quantitative estimate of drug-likeness (QED) is 0.886. The molecule has 0 bridgehead atoms. The zero-order chi connectivity index (χ0) is 11.4. The first-order valence-corrected chi connectivity index (χ1v) is 7.82. The van der Waals surface area contributed by atoms with E-state index in [2.05, 4.69) is 53.6 Å². The Morgan fingerprint density at radius 2 is 2.50 bits per heavy atom. The average molecular weight is 256 g/mol. The molecular weight excluding hydrogens is 236 g/mol. The lowest BCUT2D eigenvalue weighted by Gasteiger charge is -2.37. The van der Waals surface area contributed by atoms with Crippen LogP contribution in [0.4, 0.5) is 0 Å². The summed E-state index contributed by atoms with van der Waals surface area (Å²) in [4.78, 5) is 3.99. The van der Waals surface area contributed by atoms with E-state index in [1.165, 1.54) is 22.9 Å². The van der Waals surface area contributed by atoms with Crippen LogP contribution in [0, 0.1) is 0 Å². The van der Waals surface area contributed by atoms with Crippen molar-refractivity contribution in [3.8, 4) is 0 Å². The molecule has 0 amide bonds. The third-order valence-corrected chi connectivity index (χ3v) is 5.23. The van der Waals surface area contributed by atoms with Crippen LogP contribution in [-0.4, -0.2) is 49.1 Å². The molecule has 2 atom stereocenters. The van der Waals surface area contributed by atoms with Gasteiger partial charge in [0.25, 0.3) is 0 Å². The second kappa shape index (κ2) is 6.05. The summed E-state index contributed by atoms with van der Waals surface area (Å²) in [6, 6.07) is 5.64. The summed E-state index contributed by atoms with van der Waals surface area (Å²) in [7, 11) is 4.34. The second-order valence-electron chi connectivity index (χ2n) is 4.30.